The zero-order valence-electron chi connectivity index (χ0n) is 11.9. The van der Waals surface area contributed by atoms with Crippen LogP contribution in [0.5, 0.6) is 0 Å². The summed E-state index contributed by atoms with van der Waals surface area (Å²) in [5.41, 5.74) is -1.41. The van der Waals surface area contributed by atoms with Crippen LogP contribution in [0.15, 0.2) is 23.2 Å². The average Bonchev–Trinajstić information content (AvgIpc) is 2.41. The van der Waals surface area contributed by atoms with E-state index in [4.69, 9.17) is 0 Å². The first kappa shape index (κ1) is 19.0. The van der Waals surface area contributed by atoms with Crippen LogP contribution in [-0.2, 0) is 12.7 Å². The second-order valence-corrected chi connectivity index (χ2v) is 4.52. The summed E-state index contributed by atoms with van der Waals surface area (Å²) in [6.07, 6.45) is -10.2. The lowest BCUT2D eigenvalue weighted by Gasteiger charge is -2.16. The smallest absolute Gasteiger partial charge is 0.356 e. The molecule has 0 bridgehead atoms. The van der Waals surface area contributed by atoms with Crippen molar-refractivity contribution in [2.75, 3.05) is 13.6 Å². The minimum atomic E-state index is -4.74. The van der Waals surface area contributed by atoms with Crippen LogP contribution in [-0.4, -0.2) is 25.7 Å². The quantitative estimate of drug-likeness (QED) is 0.498. The van der Waals surface area contributed by atoms with Crippen molar-refractivity contribution in [1.82, 2.24) is 10.6 Å². The maximum absolute atomic E-state index is 13.0. The first-order chi connectivity index (χ1) is 10.5. The molecule has 0 spiro atoms. The Morgan fingerprint density at radius 2 is 1.74 bits per heavy atom. The van der Waals surface area contributed by atoms with Crippen LogP contribution in [0, 0.1) is 5.82 Å². The van der Waals surface area contributed by atoms with E-state index in [2.05, 4.69) is 15.6 Å². The number of benzene rings is 1. The third kappa shape index (κ3) is 6.74. The van der Waals surface area contributed by atoms with Gasteiger partial charge < -0.3 is 10.6 Å². The van der Waals surface area contributed by atoms with Gasteiger partial charge >= 0.3 is 12.4 Å². The SMILES string of the molecule is CN=C(NCCC(F)(F)F)NCc1ccc(F)cc1C(F)(F)F. The largest absolute Gasteiger partial charge is 0.416 e. The van der Waals surface area contributed by atoms with Gasteiger partial charge in [-0.3, -0.25) is 4.99 Å². The van der Waals surface area contributed by atoms with Crippen molar-refractivity contribution < 1.29 is 30.7 Å². The number of nitrogens with zero attached hydrogens (tertiary/aromatic N) is 1. The number of hydrogen-bond donors (Lipinski definition) is 2. The van der Waals surface area contributed by atoms with Gasteiger partial charge in [-0.2, -0.15) is 26.3 Å². The van der Waals surface area contributed by atoms with Gasteiger partial charge in [0.25, 0.3) is 0 Å². The van der Waals surface area contributed by atoms with Crippen LogP contribution in [0.4, 0.5) is 30.7 Å². The van der Waals surface area contributed by atoms with Gasteiger partial charge in [0, 0.05) is 20.1 Å². The fraction of sp³-hybridized carbons (Fsp3) is 0.462. The zero-order chi connectivity index (χ0) is 17.7. The molecule has 23 heavy (non-hydrogen) atoms. The highest BCUT2D eigenvalue weighted by Gasteiger charge is 2.33. The predicted molar refractivity (Wildman–Crippen MR) is 70.3 cm³/mol. The molecule has 0 atom stereocenters. The van der Waals surface area contributed by atoms with E-state index in [1.807, 2.05) is 0 Å². The highest BCUT2D eigenvalue weighted by atomic mass is 19.4. The van der Waals surface area contributed by atoms with Gasteiger partial charge in [0.2, 0.25) is 0 Å². The third-order valence-electron chi connectivity index (χ3n) is 2.75. The molecule has 0 aliphatic rings. The number of guanidine groups is 1. The molecule has 10 heteroatoms. The summed E-state index contributed by atoms with van der Waals surface area (Å²) in [6.45, 7) is -0.848. The van der Waals surface area contributed by atoms with E-state index < -0.39 is 36.7 Å². The second kappa shape index (κ2) is 7.51. The standard InChI is InChI=1S/C13H14F7N3/c1-21-11(22-5-4-12(15,16)17)23-7-8-2-3-9(14)6-10(8)13(18,19)20/h2-3,6H,4-5,7H2,1H3,(H2,21,22,23). The summed E-state index contributed by atoms with van der Waals surface area (Å²) in [4.78, 5) is 3.60. The number of rotatable bonds is 4. The molecule has 0 aliphatic carbocycles. The molecule has 0 aliphatic heterocycles. The Bertz CT molecular complexity index is 549. The minimum Gasteiger partial charge on any atom is -0.356 e. The van der Waals surface area contributed by atoms with Gasteiger partial charge in [-0.15, -0.1) is 0 Å². The molecular weight excluding hydrogens is 331 g/mol. The number of aliphatic imine (C=N–C) groups is 1. The van der Waals surface area contributed by atoms with Crippen LogP contribution in [0.1, 0.15) is 17.5 Å². The van der Waals surface area contributed by atoms with Gasteiger partial charge in [0.05, 0.1) is 12.0 Å². The Labute approximate surface area is 127 Å². The summed E-state index contributed by atoms with van der Waals surface area (Å²) in [5.74, 6) is -1.12. The molecule has 0 fully saturated rings. The molecule has 0 aromatic heterocycles. The number of nitrogens with one attached hydrogen (secondary N) is 2. The van der Waals surface area contributed by atoms with Crippen molar-refractivity contribution in [3.63, 3.8) is 0 Å². The lowest BCUT2D eigenvalue weighted by Crippen LogP contribution is -2.38. The van der Waals surface area contributed by atoms with E-state index >= 15 is 0 Å². The molecule has 1 rings (SSSR count). The summed E-state index contributed by atoms with van der Waals surface area (Å²) in [6, 6.07) is 2.18. The van der Waals surface area contributed by atoms with Crippen molar-refractivity contribution >= 4 is 5.96 Å². The second-order valence-electron chi connectivity index (χ2n) is 4.52. The van der Waals surface area contributed by atoms with E-state index in [0.717, 1.165) is 12.1 Å². The molecule has 0 saturated carbocycles. The normalized spacial score (nSPS) is 13.1. The third-order valence-corrected chi connectivity index (χ3v) is 2.75. The molecule has 0 radical (unpaired) electrons. The molecule has 0 unspecified atom stereocenters. The van der Waals surface area contributed by atoms with Crippen molar-refractivity contribution in [2.45, 2.75) is 25.3 Å². The number of halogens is 7. The minimum absolute atomic E-state index is 0.0910. The summed E-state index contributed by atoms with van der Waals surface area (Å²) >= 11 is 0. The van der Waals surface area contributed by atoms with Gasteiger partial charge in [-0.1, -0.05) is 6.07 Å². The lowest BCUT2D eigenvalue weighted by molar-refractivity contribution is -0.138. The van der Waals surface area contributed by atoms with Gasteiger partial charge in [0.15, 0.2) is 5.96 Å². The van der Waals surface area contributed by atoms with E-state index in [9.17, 15) is 30.7 Å². The van der Waals surface area contributed by atoms with Crippen molar-refractivity contribution in [1.29, 1.82) is 0 Å². The van der Waals surface area contributed by atoms with Gasteiger partial charge in [-0.25, -0.2) is 4.39 Å². The number of hydrogen-bond acceptors (Lipinski definition) is 1. The van der Waals surface area contributed by atoms with E-state index in [1.54, 1.807) is 0 Å². The maximum atomic E-state index is 13.0. The fourth-order valence-corrected chi connectivity index (χ4v) is 1.69. The van der Waals surface area contributed by atoms with Crippen molar-refractivity contribution in [2.24, 2.45) is 4.99 Å². The Hall–Kier alpha value is -2.00. The van der Waals surface area contributed by atoms with Crippen LogP contribution in [0.25, 0.3) is 0 Å². The Balaban J connectivity index is 2.70. The van der Waals surface area contributed by atoms with Crippen molar-refractivity contribution in [3.05, 3.63) is 35.1 Å². The van der Waals surface area contributed by atoms with Gasteiger partial charge in [0.1, 0.15) is 5.82 Å². The first-order valence-electron chi connectivity index (χ1n) is 6.40. The molecule has 0 heterocycles. The van der Waals surface area contributed by atoms with Crippen LogP contribution < -0.4 is 10.6 Å². The molecule has 3 nitrogen and oxygen atoms in total. The van der Waals surface area contributed by atoms with Crippen LogP contribution in [0.3, 0.4) is 0 Å². The van der Waals surface area contributed by atoms with E-state index in [0.29, 0.717) is 6.07 Å². The Morgan fingerprint density at radius 1 is 1.09 bits per heavy atom. The predicted octanol–water partition coefficient (Wildman–Crippen LogP) is 3.46. The van der Waals surface area contributed by atoms with E-state index in [-0.39, 0.29) is 18.1 Å². The maximum Gasteiger partial charge on any atom is 0.416 e. The Kier molecular flexibility index (Phi) is 6.22. The average molecular weight is 345 g/mol. The molecular formula is C13H14F7N3. The molecule has 0 amide bonds. The molecule has 1 aromatic carbocycles. The van der Waals surface area contributed by atoms with Crippen molar-refractivity contribution in [3.8, 4) is 0 Å². The highest BCUT2D eigenvalue weighted by molar-refractivity contribution is 5.79. The number of alkyl halides is 6. The van der Waals surface area contributed by atoms with Crippen LogP contribution >= 0.6 is 0 Å². The molecule has 0 saturated heterocycles. The first-order valence-corrected chi connectivity index (χ1v) is 6.40. The zero-order valence-corrected chi connectivity index (χ0v) is 11.9. The topological polar surface area (TPSA) is 36.4 Å². The molecule has 1 aromatic rings. The fourth-order valence-electron chi connectivity index (χ4n) is 1.69. The molecule has 2 N–H and O–H groups in total. The lowest BCUT2D eigenvalue weighted by atomic mass is 10.1. The van der Waals surface area contributed by atoms with Crippen LogP contribution in [0.2, 0.25) is 0 Å². The van der Waals surface area contributed by atoms with Gasteiger partial charge in [-0.05, 0) is 17.7 Å². The highest BCUT2D eigenvalue weighted by Crippen LogP contribution is 2.32. The van der Waals surface area contributed by atoms with E-state index in [1.165, 1.54) is 7.05 Å². The summed E-state index contributed by atoms with van der Waals surface area (Å²) in [5, 5.41) is 4.78. The monoisotopic (exact) mass is 345 g/mol. The summed E-state index contributed by atoms with van der Waals surface area (Å²) in [7, 11) is 1.26. The summed E-state index contributed by atoms with van der Waals surface area (Å²) < 4.78 is 87.4. The molecule has 130 valence electrons. The Morgan fingerprint density at radius 3 is 2.26 bits per heavy atom.